The van der Waals surface area contributed by atoms with Gasteiger partial charge in [-0.05, 0) is 43.0 Å². The van der Waals surface area contributed by atoms with E-state index < -0.39 is 5.54 Å². The van der Waals surface area contributed by atoms with Crippen LogP contribution in [0.2, 0.25) is 5.02 Å². The number of benzene rings is 1. The van der Waals surface area contributed by atoms with Crippen LogP contribution in [0, 0.1) is 0 Å². The maximum absolute atomic E-state index is 12.4. The molecule has 142 valence electrons. The molecule has 26 heavy (non-hydrogen) atoms. The van der Waals surface area contributed by atoms with Crippen molar-refractivity contribution < 1.29 is 9.59 Å². The van der Waals surface area contributed by atoms with E-state index in [1.807, 2.05) is 24.4 Å². The van der Waals surface area contributed by atoms with Crippen LogP contribution in [0.1, 0.15) is 41.9 Å². The summed E-state index contributed by atoms with van der Waals surface area (Å²) in [6, 6.07) is 8.67. The zero-order chi connectivity index (χ0) is 18.4. The fourth-order valence-electron chi connectivity index (χ4n) is 2.36. The number of rotatable bonds is 7. The number of anilines is 1. The van der Waals surface area contributed by atoms with Gasteiger partial charge in [0.05, 0.1) is 22.7 Å². The minimum atomic E-state index is -0.962. The standard InChI is InChI=1S/C18H22ClN3O2S.ClH/c1-3-8-18(2,20)17(24)22-12-6-7-15(19)14(10-12)16(23)21-11-13-5-4-9-25-13;/h4-7,9-10H,3,8,11,20H2,1-2H3,(H,21,23)(H,22,24);1H. The first-order chi connectivity index (χ1) is 11.8. The third kappa shape index (κ3) is 5.99. The Morgan fingerprint density at radius 3 is 2.65 bits per heavy atom. The molecule has 0 fully saturated rings. The summed E-state index contributed by atoms with van der Waals surface area (Å²) in [5, 5.41) is 7.86. The number of nitrogens with one attached hydrogen (secondary N) is 2. The predicted molar refractivity (Wildman–Crippen MR) is 110 cm³/mol. The number of carbonyl (C=O) groups excluding carboxylic acids is 2. The fraction of sp³-hybridized carbons (Fsp3) is 0.333. The topological polar surface area (TPSA) is 84.2 Å². The lowest BCUT2D eigenvalue weighted by molar-refractivity contribution is -0.120. The number of hydrogen-bond acceptors (Lipinski definition) is 4. The third-order valence-electron chi connectivity index (χ3n) is 3.76. The molecule has 0 aliphatic heterocycles. The number of amides is 2. The lowest BCUT2D eigenvalue weighted by Crippen LogP contribution is -2.48. The highest BCUT2D eigenvalue weighted by molar-refractivity contribution is 7.09. The Morgan fingerprint density at radius 1 is 1.31 bits per heavy atom. The molecule has 5 nitrogen and oxygen atoms in total. The molecule has 4 N–H and O–H groups in total. The highest BCUT2D eigenvalue weighted by Crippen LogP contribution is 2.22. The average molecular weight is 416 g/mol. The largest absolute Gasteiger partial charge is 0.347 e. The van der Waals surface area contributed by atoms with E-state index in [1.165, 1.54) is 0 Å². The molecule has 0 spiro atoms. The van der Waals surface area contributed by atoms with Crippen LogP contribution in [-0.2, 0) is 11.3 Å². The van der Waals surface area contributed by atoms with Crippen molar-refractivity contribution in [2.45, 2.75) is 38.8 Å². The summed E-state index contributed by atoms with van der Waals surface area (Å²) in [6.07, 6.45) is 1.37. The van der Waals surface area contributed by atoms with Crippen LogP contribution in [0.4, 0.5) is 5.69 Å². The summed E-state index contributed by atoms with van der Waals surface area (Å²) in [6.45, 7) is 4.09. The second-order valence-electron chi connectivity index (χ2n) is 6.08. The predicted octanol–water partition coefficient (Wildman–Crippen LogP) is 4.21. The average Bonchev–Trinajstić information content (AvgIpc) is 3.07. The van der Waals surface area contributed by atoms with Crippen molar-refractivity contribution in [1.29, 1.82) is 0 Å². The molecule has 1 atom stereocenters. The maximum atomic E-state index is 12.4. The highest BCUT2D eigenvalue weighted by atomic mass is 35.5. The minimum absolute atomic E-state index is 0. The Morgan fingerprint density at radius 2 is 2.04 bits per heavy atom. The summed E-state index contributed by atoms with van der Waals surface area (Å²) < 4.78 is 0. The molecule has 1 aromatic heterocycles. The number of thiophene rings is 1. The third-order valence-corrected chi connectivity index (χ3v) is 4.97. The van der Waals surface area contributed by atoms with Crippen LogP contribution < -0.4 is 16.4 Å². The van der Waals surface area contributed by atoms with Crippen LogP contribution >= 0.6 is 35.3 Å². The molecular weight excluding hydrogens is 393 g/mol. The molecule has 2 aromatic rings. The van der Waals surface area contributed by atoms with Gasteiger partial charge < -0.3 is 16.4 Å². The summed E-state index contributed by atoms with van der Waals surface area (Å²) in [7, 11) is 0. The van der Waals surface area contributed by atoms with E-state index in [-0.39, 0.29) is 24.2 Å². The molecule has 0 radical (unpaired) electrons. The van der Waals surface area contributed by atoms with E-state index in [2.05, 4.69) is 10.6 Å². The minimum Gasteiger partial charge on any atom is -0.347 e. The van der Waals surface area contributed by atoms with Gasteiger partial charge in [0.1, 0.15) is 0 Å². The van der Waals surface area contributed by atoms with Gasteiger partial charge in [0.2, 0.25) is 5.91 Å². The Kier molecular flexibility index (Phi) is 8.56. The zero-order valence-corrected chi connectivity index (χ0v) is 17.1. The van der Waals surface area contributed by atoms with Crippen molar-refractivity contribution in [2.75, 3.05) is 5.32 Å². The lowest BCUT2D eigenvalue weighted by Gasteiger charge is -2.23. The lowest BCUT2D eigenvalue weighted by atomic mass is 9.96. The Labute approximate surface area is 168 Å². The van der Waals surface area contributed by atoms with Gasteiger partial charge >= 0.3 is 0 Å². The van der Waals surface area contributed by atoms with Gasteiger partial charge in [-0.1, -0.05) is 31.0 Å². The highest BCUT2D eigenvalue weighted by Gasteiger charge is 2.27. The van der Waals surface area contributed by atoms with Gasteiger partial charge in [-0.25, -0.2) is 0 Å². The molecule has 8 heteroatoms. The van der Waals surface area contributed by atoms with Crippen molar-refractivity contribution in [2.24, 2.45) is 5.73 Å². The van der Waals surface area contributed by atoms with Crippen molar-refractivity contribution in [3.63, 3.8) is 0 Å². The van der Waals surface area contributed by atoms with Crippen LogP contribution in [-0.4, -0.2) is 17.4 Å². The van der Waals surface area contributed by atoms with Crippen molar-refractivity contribution >= 4 is 52.8 Å². The second kappa shape index (κ2) is 9.92. The van der Waals surface area contributed by atoms with Crippen molar-refractivity contribution in [1.82, 2.24) is 5.32 Å². The quantitative estimate of drug-likeness (QED) is 0.632. The number of halogens is 2. The van der Waals surface area contributed by atoms with Gasteiger partial charge in [0.25, 0.3) is 5.91 Å². The van der Waals surface area contributed by atoms with Gasteiger partial charge in [-0.2, -0.15) is 0 Å². The van der Waals surface area contributed by atoms with E-state index >= 15 is 0 Å². The first-order valence-corrected chi connectivity index (χ1v) is 9.29. The SMILES string of the molecule is CCCC(C)(N)C(=O)Nc1ccc(Cl)c(C(=O)NCc2cccs2)c1.Cl. The smallest absolute Gasteiger partial charge is 0.253 e. The molecular formula is C18H23Cl2N3O2S. The molecule has 0 aliphatic carbocycles. The number of carbonyl (C=O) groups is 2. The monoisotopic (exact) mass is 415 g/mol. The molecule has 0 bridgehead atoms. The molecule has 1 unspecified atom stereocenters. The molecule has 2 rings (SSSR count). The number of hydrogen-bond donors (Lipinski definition) is 3. The molecule has 1 heterocycles. The Bertz CT molecular complexity index is 749. The molecule has 0 aliphatic rings. The van der Waals surface area contributed by atoms with E-state index in [0.29, 0.717) is 29.2 Å². The summed E-state index contributed by atoms with van der Waals surface area (Å²) in [5.41, 5.74) is 5.87. The normalized spacial score (nSPS) is 12.6. The van der Waals surface area contributed by atoms with Gasteiger partial charge in [0.15, 0.2) is 0 Å². The molecule has 1 aromatic carbocycles. The van der Waals surface area contributed by atoms with Crippen LogP contribution in [0.25, 0.3) is 0 Å². The van der Waals surface area contributed by atoms with E-state index in [9.17, 15) is 9.59 Å². The zero-order valence-electron chi connectivity index (χ0n) is 14.7. The van der Waals surface area contributed by atoms with Crippen LogP contribution in [0.15, 0.2) is 35.7 Å². The summed E-state index contributed by atoms with van der Waals surface area (Å²) in [5.74, 6) is -0.583. The fourth-order valence-corrected chi connectivity index (χ4v) is 3.21. The second-order valence-corrected chi connectivity index (χ2v) is 7.52. The molecule has 0 saturated heterocycles. The molecule has 0 saturated carbocycles. The maximum Gasteiger partial charge on any atom is 0.253 e. The van der Waals surface area contributed by atoms with Gasteiger partial charge in [-0.15, -0.1) is 23.7 Å². The van der Waals surface area contributed by atoms with Crippen LogP contribution in [0.3, 0.4) is 0 Å². The van der Waals surface area contributed by atoms with E-state index in [1.54, 1.807) is 36.5 Å². The summed E-state index contributed by atoms with van der Waals surface area (Å²) >= 11 is 7.70. The van der Waals surface area contributed by atoms with Crippen molar-refractivity contribution in [3.05, 3.63) is 51.2 Å². The van der Waals surface area contributed by atoms with Crippen molar-refractivity contribution in [3.8, 4) is 0 Å². The first-order valence-electron chi connectivity index (χ1n) is 8.04. The Balaban J connectivity index is 0.00000338. The number of nitrogens with two attached hydrogens (primary N) is 1. The first kappa shape index (κ1) is 22.4. The summed E-state index contributed by atoms with van der Waals surface area (Å²) in [4.78, 5) is 25.7. The van der Waals surface area contributed by atoms with Crippen LogP contribution in [0.5, 0.6) is 0 Å². The van der Waals surface area contributed by atoms with E-state index in [0.717, 1.165) is 11.3 Å². The van der Waals surface area contributed by atoms with Gasteiger partial charge in [-0.3, -0.25) is 9.59 Å². The van der Waals surface area contributed by atoms with Gasteiger partial charge in [0, 0.05) is 10.6 Å². The molecule has 2 amide bonds. The Hall–Kier alpha value is -1.60. The van der Waals surface area contributed by atoms with E-state index in [4.69, 9.17) is 17.3 Å².